The van der Waals surface area contributed by atoms with Gasteiger partial charge in [0.15, 0.2) is 0 Å². The van der Waals surface area contributed by atoms with Crippen LogP contribution in [0.15, 0.2) is 36.5 Å². The van der Waals surface area contributed by atoms with Crippen LogP contribution in [0.2, 0.25) is 0 Å². The molecule has 7 nitrogen and oxygen atoms in total. The van der Waals surface area contributed by atoms with Crippen LogP contribution in [0.3, 0.4) is 0 Å². The van der Waals surface area contributed by atoms with Gasteiger partial charge < -0.3 is 9.30 Å². The highest BCUT2D eigenvalue weighted by atomic mass is 32.2. The predicted molar refractivity (Wildman–Crippen MR) is 121 cm³/mol. The number of nitrogens with zero attached hydrogens (tertiary/aromatic N) is 3. The lowest BCUT2D eigenvalue weighted by Gasteiger charge is -2.13. The van der Waals surface area contributed by atoms with Gasteiger partial charge in [0.2, 0.25) is 10.0 Å². The van der Waals surface area contributed by atoms with Crippen molar-refractivity contribution < 1.29 is 13.2 Å². The highest BCUT2D eigenvalue weighted by Crippen LogP contribution is 2.39. The minimum Gasteiger partial charge on any atom is -0.494 e. The van der Waals surface area contributed by atoms with Crippen molar-refractivity contribution in [3.8, 4) is 23.2 Å². The number of fused-ring (bicyclic) bond motifs is 1. The Bertz CT molecular complexity index is 1250. The van der Waals surface area contributed by atoms with Gasteiger partial charge in [0, 0.05) is 18.0 Å². The van der Waals surface area contributed by atoms with E-state index < -0.39 is 15.3 Å². The average Bonchev–Trinajstić information content (AvgIpc) is 3.50. The van der Waals surface area contributed by atoms with Gasteiger partial charge in [-0.2, -0.15) is 5.26 Å². The first-order chi connectivity index (χ1) is 14.8. The molecule has 0 unspecified atom stereocenters. The zero-order chi connectivity index (χ0) is 22.2. The van der Waals surface area contributed by atoms with Crippen LogP contribution in [0.25, 0.3) is 22.3 Å². The van der Waals surface area contributed by atoms with Crippen molar-refractivity contribution in [3.05, 3.63) is 42.1 Å². The molecule has 1 N–H and O–H groups in total. The van der Waals surface area contributed by atoms with Gasteiger partial charge in [0.25, 0.3) is 0 Å². The summed E-state index contributed by atoms with van der Waals surface area (Å²) in [7, 11) is -3.45. The first kappa shape index (κ1) is 21.2. The molecule has 0 amide bonds. The number of nitriles is 1. The number of aromatic nitrogens is 2. The van der Waals surface area contributed by atoms with Gasteiger partial charge in [0.05, 0.1) is 46.2 Å². The molecule has 1 fully saturated rings. The van der Waals surface area contributed by atoms with E-state index in [-0.39, 0.29) is 0 Å². The molecule has 0 saturated heterocycles. The van der Waals surface area contributed by atoms with Gasteiger partial charge >= 0.3 is 0 Å². The first-order valence-corrected chi connectivity index (χ1v) is 12.1. The van der Waals surface area contributed by atoms with E-state index in [4.69, 9.17) is 4.74 Å². The van der Waals surface area contributed by atoms with Crippen molar-refractivity contribution in [1.29, 1.82) is 5.26 Å². The predicted octanol–water partition coefficient (Wildman–Crippen LogP) is 4.53. The smallest absolute Gasteiger partial charge is 0.235 e. The van der Waals surface area contributed by atoms with E-state index in [9.17, 15) is 13.7 Å². The Labute approximate surface area is 182 Å². The molecule has 0 atom stereocenters. The highest BCUT2D eigenvalue weighted by Gasteiger charge is 2.27. The first-order valence-electron chi connectivity index (χ1n) is 10.5. The molecule has 3 aromatic rings. The summed E-state index contributed by atoms with van der Waals surface area (Å²) in [5.41, 5.74) is 3.33. The third-order valence-electron chi connectivity index (χ3n) is 5.48. The number of sulfonamides is 1. The van der Waals surface area contributed by atoms with Gasteiger partial charge in [-0.25, -0.2) is 8.42 Å². The fraction of sp³-hybridized carbons (Fsp3) is 0.391. The van der Waals surface area contributed by atoms with Crippen LogP contribution >= 0.6 is 0 Å². The number of anilines is 1. The van der Waals surface area contributed by atoms with Crippen molar-refractivity contribution in [2.75, 3.05) is 11.3 Å². The lowest BCUT2D eigenvalue weighted by atomic mass is 10.1. The van der Waals surface area contributed by atoms with Crippen molar-refractivity contribution in [2.24, 2.45) is 5.92 Å². The van der Waals surface area contributed by atoms with Gasteiger partial charge in [-0.1, -0.05) is 0 Å². The van der Waals surface area contributed by atoms with E-state index in [2.05, 4.69) is 20.3 Å². The second-order valence-corrected chi connectivity index (χ2v) is 10.4. The molecule has 1 aromatic carbocycles. The van der Waals surface area contributed by atoms with E-state index >= 15 is 0 Å². The summed E-state index contributed by atoms with van der Waals surface area (Å²) in [4.78, 5) is 4.51. The van der Waals surface area contributed by atoms with E-state index in [1.54, 1.807) is 26.0 Å². The maximum absolute atomic E-state index is 12.1. The average molecular weight is 439 g/mol. The largest absolute Gasteiger partial charge is 0.494 e. The fourth-order valence-corrected chi connectivity index (χ4v) is 4.27. The lowest BCUT2D eigenvalue weighted by Crippen LogP contribution is -2.22. The van der Waals surface area contributed by atoms with E-state index in [1.165, 1.54) is 19.0 Å². The van der Waals surface area contributed by atoms with E-state index in [0.717, 1.165) is 28.9 Å². The number of ether oxygens (including phenoxy) is 1. The molecule has 1 saturated carbocycles. The molecule has 31 heavy (non-hydrogen) atoms. The molecule has 8 heteroatoms. The number of benzene rings is 1. The second kappa shape index (κ2) is 8.23. The summed E-state index contributed by atoms with van der Waals surface area (Å²) in [6.07, 6.45) is 3.85. The Balaban J connectivity index is 1.81. The maximum atomic E-state index is 12.1. The summed E-state index contributed by atoms with van der Waals surface area (Å²) < 4.78 is 34.7. The topological polar surface area (TPSA) is 97.0 Å². The molecule has 0 aliphatic heterocycles. The molecular weight excluding hydrogens is 412 g/mol. The minimum absolute atomic E-state index is 0.402. The quantitative estimate of drug-likeness (QED) is 0.557. The van der Waals surface area contributed by atoms with Gasteiger partial charge in [-0.15, -0.1) is 0 Å². The zero-order valence-corrected chi connectivity index (χ0v) is 18.7. The van der Waals surface area contributed by atoms with Crippen LogP contribution in [0, 0.1) is 17.2 Å². The summed E-state index contributed by atoms with van der Waals surface area (Å²) in [5.74, 6) is 1.36. The third kappa shape index (κ3) is 4.23. The number of hydrogen-bond acceptors (Lipinski definition) is 5. The Morgan fingerprint density at radius 1 is 1.29 bits per heavy atom. The third-order valence-corrected chi connectivity index (χ3v) is 7.24. The molecule has 4 rings (SSSR count). The highest BCUT2D eigenvalue weighted by molar-refractivity contribution is 7.93. The van der Waals surface area contributed by atoms with E-state index in [1.807, 2.05) is 25.1 Å². The Morgan fingerprint density at radius 2 is 2.06 bits per heavy atom. The van der Waals surface area contributed by atoms with Gasteiger partial charge in [0.1, 0.15) is 11.8 Å². The van der Waals surface area contributed by atoms with Crippen LogP contribution in [0.1, 0.15) is 39.2 Å². The molecule has 1 aliphatic carbocycles. The molecule has 2 heterocycles. The maximum Gasteiger partial charge on any atom is 0.235 e. The number of rotatable bonds is 8. The molecule has 0 radical (unpaired) electrons. The Hall–Kier alpha value is -3.05. The van der Waals surface area contributed by atoms with Crippen LogP contribution in [-0.2, 0) is 16.6 Å². The summed E-state index contributed by atoms with van der Waals surface area (Å²) in [5, 5.41) is 10.3. The normalized spacial score (nSPS) is 14.0. The Morgan fingerprint density at radius 3 is 2.65 bits per heavy atom. The monoisotopic (exact) mass is 438 g/mol. The molecule has 0 spiro atoms. The van der Waals surface area contributed by atoms with Crippen LogP contribution in [0.5, 0.6) is 5.75 Å². The lowest BCUT2D eigenvalue weighted by molar-refractivity contribution is 0.340. The SMILES string of the molecule is CCOc1ccc2c(C#N)c(-c3ccc(NS(=O)(=O)C(C)C)cn3)n(CC3CC3)c2c1. The van der Waals surface area contributed by atoms with Gasteiger partial charge in [-0.3, -0.25) is 9.71 Å². The number of pyridine rings is 1. The Kier molecular flexibility index (Phi) is 5.63. The fourth-order valence-electron chi connectivity index (χ4n) is 3.59. The van der Waals surface area contributed by atoms with Crippen molar-refractivity contribution in [2.45, 2.75) is 45.4 Å². The second-order valence-electron chi connectivity index (χ2n) is 8.13. The molecule has 0 bridgehead atoms. The molecule has 2 aromatic heterocycles. The van der Waals surface area contributed by atoms with Crippen molar-refractivity contribution in [1.82, 2.24) is 9.55 Å². The number of hydrogen-bond donors (Lipinski definition) is 1. The van der Waals surface area contributed by atoms with Crippen molar-refractivity contribution in [3.63, 3.8) is 0 Å². The van der Waals surface area contributed by atoms with Crippen molar-refractivity contribution >= 4 is 26.6 Å². The number of nitrogens with one attached hydrogen (secondary N) is 1. The van der Waals surface area contributed by atoms with Crippen LogP contribution < -0.4 is 9.46 Å². The summed E-state index contributed by atoms with van der Waals surface area (Å²) in [6, 6.07) is 11.6. The zero-order valence-electron chi connectivity index (χ0n) is 17.9. The minimum atomic E-state index is -3.45. The standard InChI is InChI=1S/C23H26N4O3S/c1-4-30-18-8-9-19-20(12-24)23(27(22(19)11-18)14-16-5-6-16)21-10-7-17(13-25-21)26-31(28,29)15(2)3/h7-11,13,15-16,26H,4-6,14H2,1-3H3. The summed E-state index contributed by atoms with van der Waals surface area (Å²) in [6.45, 7) is 6.57. The van der Waals surface area contributed by atoms with Crippen LogP contribution in [-0.4, -0.2) is 29.8 Å². The molecular formula is C23H26N4O3S. The molecule has 162 valence electrons. The molecule has 1 aliphatic rings. The summed E-state index contributed by atoms with van der Waals surface area (Å²) >= 11 is 0. The van der Waals surface area contributed by atoms with E-state index in [0.29, 0.717) is 29.5 Å². The van der Waals surface area contributed by atoms with Gasteiger partial charge in [-0.05, 0) is 63.8 Å². The van der Waals surface area contributed by atoms with Crippen LogP contribution in [0.4, 0.5) is 5.69 Å².